The van der Waals surface area contributed by atoms with Crippen LogP contribution in [0.2, 0.25) is 5.02 Å². The number of ether oxygens (including phenoxy) is 2. The number of rotatable bonds is 2. The molecule has 0 radical (unpaired) electrons. The zero-order valence-corrected chi connectivity index (χ0v) is 19.9. The molecule has 2 aromatic carbocycles. The Morgan fingerprint density at radius 3 is 2.26 bits per heavy atom. The van der Waals surface area contributed by atoms with Gasteiger partial charge in [-0.05, 0) is 36.5 Å². The Morgan fingerprint density at radius 2 is 1.63 bits per heavy atom. The van der Waals surface area contributed by atoms with Crippen molar-refractivity contribution in [3.63, 3.8) is 0 Å². The first kappa shape index (κ1) is 22.4. The zero-order chi connectivity index (χ0) is 25.0. The average molecular weight is 504 g/mol. The van der Waals surface area contributed by atoms with Crippen molar-refractivity contribution in [2.75, 3.05) is 12.1 Å². The minimum absolute atomic E-state index is 0.0249. The van der Waals surface area contributed by atoms with Crippen molar-refractivity contribution in [3.8, 4) is 11.5 Å². The molecule has 2 unspecified atom stereocenters. The van der Waals surface area contributed by atoms with E-state index in [1.165, 1.54) is 0 Å². The molecule has 182 valence electrons. The van der Waals surface area contributed by atoms with E-state index in [0.29, 0.717) is 41.1 Å². The number of alkyl halides is 3. The lowest BCUT2D eigenvalue weighted by molar-refractivity contribution is -0.137. The predicted molar refractivity (Wildman–Crippen MR) is 123 cm³/mol. The van der Waals surface area contributed by atoms with Crippen molar-refractivity contribution in [3.05, 3.63) is 52.3 Å². The number of hydrogen-bond donors (Lipinski definition) is 1. The van der Waals surface area contributed by atoms with Crippen LogP contribution in [0.5, 0.6) is 11.5 Å². The minimum atomic E-state index is -4.57. The van der Waals surface area contributed by atoms with Gasteiger partial charge in [-0.3, -0.25) is 4.79 Å². The quantitative estimate of drug-likeness (QED) is 0.464. The van der Waals surface area contributed by atoms with Crippen LogP contribution in [-0.2, 0) is 21.8 Å². The summed E-state index contributed by atoms with van der Waals surface area (Å²) in [5.41, 5.74) is -0.698. The van der Waals surface area contributed by atoms with E-state index in [4.69, 9.17) is 31.0 Å². The number of carbonyl (C=O) groups is 1. The van der Waals surface area contributed by atoms with Crippen molar-refractivity contribution in [1.29, 1.82) is 0 Å². The number of nitrogens with one attached hydrogen (secondary N) is 1. The molecule has 1 aliphatic heterocycles. The van der Waals surface area contributed by atoms with Gasteiger partial charge in [-0.1, -0.05) is 32.4 Å². The molecule has 1 aromatic heterocycles. The van der Waals surface area contributed by atoms with E-state index in [1.54, 1.807) is 12.1 Å². The fraction of sp³-hybridized carbons (Fsp3) is 0.400. The lowest BCUT2D eigenvalue weighted by atomic mass is 9.63. The van der Waals surface area contributed by atoms with E-state index in [1.807, 2.05) is 13.8 Å². The monoisotopic (exact) mass is 503 g/mol. The Labute approximate surface area is 203 Å². The van der Waals surface area contributed by atoms with Crippen LogP contribution >= 0.6 is 11.6 Å². The molecule has 6 rings (SSSR count). The number of fused-ring (bicyclic) bond motifs is 7. The SMILES string of the molecule is CC12CCC(C(=O)Nc3cc(C(F)(F)F)ccc3Cl)(c3nc4cc5c(cc4nc31)OCO5)C2(C)C. The van der Waals surface area contributed by atoms with E-state index < -0.39 is 33.9 Å². The zero-order valence-electron chi connectivity index (χ0n) is 19.1. The van der Waals surface area contributed by atoms with Crippen LogP contribution in [0.4, 0.5) is 18.9 Å². The summed E-state index contributed by atoms with van der Waals surface area (Å²) in [5.74, 6) is 0.696. The van der Waals surface area contributed by atoms with Crippen molar-refractivity contribution in [2.24, 2.45) is 5.41 Å². The summed E-state index contributed by atoms with van der Waals surface area (Å²) in [5, 5.41) is 2.73. The molecule has 1 fully saturated rings. The van der Waals surface area contributed by atoms with Gasteiger partial charge in [0.2, 0.25) is 12.7 Å². The molecule has 2 atom stereocenters. The summed E-state index contributed by atoms with van der Waals surface area (Å²) < 4.78 is 50.9. The van der Waals surface area contributed by atoms with Crippen LogP contribution in [0.25, 0.3) is 11.0 Å². The first-order chi connectivity index (χ1) is 16.4. The number of hydrogen-bond acceptors (Lipinski definition) is 5. The predicted octanol–water partition coefficient (Wildman–Crippen LogP) is 6.00. The molecule has 6 nitrogen and oxygen atoms in total. The Bertz CT molecular complexity index is 1440. The Morgan fingerprint density at radius 1 is 1.00 bits per heavy atom. The van der Waals surface area contributed by atoms with Gasteiger partial charge in [-0.15, -0.1) is 0 Å². The van der Waals surface area contributed by atoms with Gasteiger partial charge in [0.05, 0.1) is 44.1 Å². The highest BCUT2D eigenvalue weighted by atomic mass is 35.5. The van der Waals surface area contributed by atoms with Crippen LogP contribution in [0.3, 0.4) is 0 Å². The normalized spacial score (nSPS) is 25.7. The summed E-state index contributed by atoms with van der Waals surface area (Å²) in [6.45, 7) is 6.17. The van der Waals surface area contributed by atoms with Crippen molar-refractivity contribution in [2.45, 2.75) is 50.6 Å². The van der Waals surface area contributed by atoms with Gasteiger partial charge in [-0.25, -0.2) is 9.97 Å². The minimum Gasteiger partial charge on any atom is -0.454 e. The molecule has 0 spiro atoms. The van der Waals surface area contributed by atoms with Crippen LogP contribution in [0.1, 0.15) is 50.6 Å². The molecule has 1 N–H and O–H groups in total. The molecule has 2 heterocycles. The molecular formula is C25H21ClF3N3O3. The third kappa shape index (κ3) is 2.76. The molecule has 35 heavy (non-hydrogen) atoms. The second-order valence-electron chi connectivity index (χ2n) is 10.1. The third-order valence-electron chi connectivity index (χ3n) is 8.46. The summed E-state index contributed by atoms with van der Waals surface area (Å²) in [4.78, 5) is 23.8. The number of carbonyl (C=O) groups excluding carboxylic acids is 1. The molecule has 3 aromatic rings. The number of amides is 1. The molecule has 1 saturated carbocycles. The molecule has 0 saturated heterocycles. The second kappa shape index (κ2) is 6.78. The highest BCUT2D eigenvalue weighted by molar-refractivity contribution is 6.33. The van der Waals surface area contributed by atoms with Gasteiger partial charge in [0.15, 0.2) is 11.5 Å². The van der Waals surface area contributed by atoms with Crippen molar-refractivity contribution >= 4 is 34.2 Å². The fourth-order valence-electron chi connectivity index (χ4n) is 6.02. The van der Waals surface area contributed by atoms with Crippen LogP contribution in [0.15, 0.2) is 30.3 Å². The maximum atomic E-state index is 14.0. The third-order valence-corrected chi connectivity index (χ3v) is 8.79. The smallest absolute Gasteiger partial charge is 0.416 e. The van der Waals surface area contributed by atoms with Gasteiger partial charge >= 0.3 is 6.18 Å². The first-order valence-corrected chi connectivity index (χ1v) is 11.6. The molecule has 10 heteroatoms. The highest BCUT2D eigenvalue weighted by Crippen LogP contribution is 2.70. The van der Waals surface area contributed by atoms with E-state index in [0.717, 1.165) is 23.9 Å². The summed E-state index contributed by atoms with van der Waals surface area (Å²) in [7, 11) is 0. The van der Waals surface area contributed by atoms with Gasteiger partial charge in [-0.2, -0.15) is 13.2 Å². The Hall–Kier alpha value is -3.07. The summed E-state index contributed by atoms with van der Waals surface area (Å²) in [6.07, 6.45) is -3.40. The van der Waals surface area contributed by atoms with Gasteiger partial charge in [0.25, 0.3) is 0 Å². The summed E-state index contributed by atoms with van der Waals surface area (Å²) in [6, 6.07) is 6.41. The second-order valence-corrected chi connectivity index (χ2v) is 10.5. The molecule has 2 bridgehead atoms. The Kier molecular flexibility index (Phi) is 4.34. The van der Waals surface area contributed by atoms with E-state index >= 15 is 0 Å². The van der Waals surface area contributed by atoms with Crippen molar-refractivity contribution < 1.29 is 27.4 Å². The number of halogens is 4. The number of anilines is 1. The lowest BCUT2D eigenvalue weighted by Crippen LogP contribution is -2.48. The lowest BCUT2D eigenvalue weighted by Gasteiger charge is -2.39. The van der Waals surface area contributed by atoms with E-state index in [-0.39, 0.29) is 17.5 Å². The summed E-state index contributed by atoms with van der Waals surface area (Å²) >= 11 is 6.19. The average Bonchev–Trinajstić information content (AvgIpc) is 3.36. The highest BCUT2D eigenvalue weighted by Gasteiger charge is 2.73. The molecule has 3 aliphatic rings. The standard InChI is InChI=1S/C25H21ClF3N3O3/c1-22(2)23(3)6-7-24(22,21(33)32-14-8-12(25(27,28)29)4-5-13(14)26)20-19(23)30-15-9-17-18(35-11-34-17)10-16(15)31-20/h4-5,8-10H,6-7,11H2,1-3H3,(H,32,33). The Balaban J connectivity index is 1.50. The van der Waals surface area contributed by atoms with Crippen LogP contribution in [0, 0.1) is 5.41 Å². The fourth-order valence-corrected chi connectivity index (χ4v) is 6.19. The van der Waals surface area contributed by atoms with Crippen LogP contribution in [-0.4, -0.2) is 22.7 Å². The van der Waals surface area contributed by atoms with Gasteiger partial charge in [0, 0.05) is 17.5 Å². The largest absolute Gasteiger partial charge is 0.454 e. The topological polar surface area (TPSA) is 73.3 Å². The van der Waals surface area contributed by atoms with Crippen molar-refractivity contribution in [1.82, 2.24) is 9.97 Å². The van der Waals surface area contributed by atoms with Gasteiger partial charge in [0.1, 0.15) is 0 Å². The molecule has 1 amide bonds. The van der Waals surface area contributed by atoms with Crippen LogP contribution < -0.4 is 14.8 Å². The van der Waals surface area contributed by atoms with Gasteiger partial charge < -0.3 is 14.8 Å². The molecule has 2 aliphatic carbocycles. The number of benzene rings is 2. The first-order valence-electron chi connectivity index (χ1n) is 11.2. The van der Waals surface area contributed by atoms with E-state index in [2.05, 4.69) is 12.2 Å². The van der Waals surface area contributed by atoms with E-state index in [9.17, 15) is 18.0 Å². The molecular weight excluding hydrogens is 483 g/mol. The number of nitrogens with zero attached hydrogens (tertiary/aromatic N) is 2. The maximum Gasteiger partial charge on any atom is 0.416 e. The maximum absolute atomic E-state index is 14.0. The number of aromatic nitrogens is 2.